The van der Waals surface area contributed by atoms with Gasteiger partial charge in [0.05, 0.1) is 38.6 Å². The number of ketones is 1. The molecule has 8 nitrogen and oxygen atoms in total. The second-order valence-corrected chi connectivity index (χ2v) is 33.0. The highest BCUT2D eigenvalue weighted by Gasteiger charge is 2.47. The van der Waals surface area contributed by atoms with Gasteiger partial charge in [-0.2, -0.15) is 0 Å². The van der Waals surface area contributed by atoms with Gasteiger partial charge >= 0.3 is 0 Å². The number of aryl methyl sites for hydroxylation is 12. The third-order valence-electron chi connectivity index (χ3n) is 26.0. The number of hydrogen-bond acceptors (Lipinski definition) is 8. The number of ether oxygens (including phenoxy) is 4. The SMILES string of the molecule is C.C.C.C.C1=CCC2(OC1)c1ccccc1CCc1ccccc12.C=CCC1(O)c2ccccc2CCc2ccccc21.C=CCOC1(CC=C)c2ccccc2CCc2ccccc21.O=C1c2ccccc2CCc2ccccc21.OC1CCC2(OC1)c1ccccc1CCc1ccccc12.OC1CCOC2(C1)c1ccccc1CCc1ccccc12. The second-order valence-electron chi connectivity index (χ2n) is 33.0. The van der Waals surface area contributed by atoms with E-state index in [2.05, 4.69) is 250 Å². The molecule has 2 atom stereocenters. The van der Waals surface area contributed by atoms with Crippen LogP contribution >= 0.6 is 0 Å². The van der Waals surface area contributed by atoms with Crippen LogP contribution < -0.4 is 0 Å². The van der Waals surface area contributed by atoms with Gasteiger partial charge in [-0.05, 0) is 219 Å². The first kappa shape index (κ1) is 91.2. The monoisotopic (exact) mass is 1630 g/mol. The van der Waals surface area contributed by atoms with E-state index in [1.165, 1.54) is 111 Å². The molecular weight excluding hydrogens is 1510 g/mol. The topological polar surface area (TPSA) is 115 Å². The van der Waals surface area contributed by atoms with Crippen LogP contribution in [0, 0.1) is 0 Å². The number of benzene rings is 12. The Hall–Kier alpha value is -11.0. The van der Waals surface area contributed by atoms with Crippen molar-refractivity contribution in [2.45, 2.75) is 192 Å². The van der Waals surface area contributed by atoms with Crippen LogP contribution in [0.2, 0.25) is 0 Å². The van der Waals surface area contributed by atoms with Gasteiger partial charge in [-0.25, -0.2) is 0 Å². The fraction of sp³-hybridized carbons (Fsp3) is 0.296. The Morgan fingerprint density at radius 3 is 0.976 bits per heavy atom. The summed E-state index contributed by atoms with van der Waals surface area (Å²) in [6.45, 7) is 13.9. The maximum Gasteiger partial charge on any atom is 0.193 e. The summed E-state index contributed by atoms with van der Waals surface area (Å²) >= 11 is 0. The first-order chi connectivity index (χ1) is 58.4. The molecule has 3 heterocycles. The van der Waals surface area contributed by atoms with Gasteiger partial charge < -0.3 is 34.3 Å². The lowest BCUT2D eigenvalue weighted by atomic mass is 9.77. The van der Waals surface area contributed by atoms with Gasteiger partial charge in [-0.3, -0.25) is 4.79 Å². The minimum Gasteiger partial charge on any atom is -0.393 e. The molecule has 9 aliphatic rings. The number of rotatable bonds is 7. The van der Waals surface area contributed by atoms with Crippen LogP contribution in [-0.4, -0.2) is 59.7 Å². The summed E-state index contributed by atoms with van der Waals surface area (Å²) in [6.07, 6.45) is 27.0. The van der Waals surface area contributed by atoms with Crippen LogP contribution in [0.1, 0.15) is 213 Å². The normalized spacial score (nSPS) is 18.1. The average Bonchev–Trinajstić information content (AvgIpc) is 1.72. The number of fused-ring (bicyclic) bond motifs is 18. The summed E-state index contributed by atoms with van der Waals surface area (Å²) in [4.78, 5) is 12.3. The standard InChI is InChI=1S/C21H22O.2C19H20O2.C19H18O.C18H18O.C15H12O.4CH4/c1-3-15-21(22-16-4-2)19-11-7-5-9-17(19)13-14-18-10-6-8-12-20(18)21;20-16-11-12-21-19(13-16)17-7-3-1-5-14(17)9-10-15-6-2-4-8-18(15)19;20-16-11-12-19(21-13-16)17-7-3-1-5-14(17)9-10-15-6-2-4-8-18(15)19;1-3-9-17-15(7-1)11-12-16-8-2-4-10-18(16)19(17)13-5-6-14-20-19;1-2-13-18(19)16-9-5-3-7-14(16)11-12-15-8-4-6-10-17(15)18;16-15-13-7-3-1-5-11(13)9-10-12-6-2-4-8-14(12)15;;;;/h3-12H,1-2,13-16H2;2*1-8,16,20H,9-13H2;1-10H,11-14H2;2-10,19H,1,11-13H2;1-8H,9-10H2;4*1H4. The number of carbonyl (C=O) groups excluding carboxylic acids is 1. The predicted molar refractivity (Wildman–Crippen MR) is 506 cm³/mol. The molecule has 0 amide bonds. The van der Waals surface area contributed by atoms with Crippen LogP contribution in [0.4, 0.5) is 0 Å². The maximum absolute atomic E-state index is 12.3. The zero-order chi connectivity index (χ0) is 81.7. The third-order valence-corrected chi connectivity index (χ3v) is 26.0. The van der Waals surface area contributed by atoms with Gasteiger partial charge in [0.25, 0.3) is 0 Å². The fourth-order valence-corrected chi connectivity index (χ4v) is 20.4. The van der Waals surface area contributed by atoms with Gasteiger partial charge in [0.2, 0.25) is 0 Å². The molecule has 2 fully saturated rings. The van der Waals surface area contributed by atoms with E-state index in [0.717, 1.165) is 131 Å². The summed E-state index contributed by atoms with van der Waals surface area (Å²) in [5, 5.41) is 31.4. The predicted octanol–water partition coefficient (Wildman–Crippen LogP) is 24.4. The van der Waals surface area contributed by atoms with Crippen LogP contribution in [0.5, 0.6) is 0 Å². The van der Waals surface area contributed by atoms with Crippen molar-refractivity contribution in [2.24, 2.45) is 0 Å². The van der Waals surface area contributed by atoms with E-state index < -0.39 is 16.8 Å². The highest BCUT2D eigenvalue weighted by molar-refractivity contribution is 6.11. The van der Waals surface area contributed by atoms with E-state index in [1.54, 1.807) is 6.08 Å². The van der Waals surface area contributed by atoms with Crippen LogP contribution in [0.25, 0.3) is 0 Å². The van der Waals surface area contributed by atoms with E-state index >= 15 is 0 Å². The van der Waals surface area contributed by atoms with Gasteiger partial charge in [-0.15, -0.1) is 19.7 Å². The van der Waals surface area contributed by atoms with Crippen molar-refractivity contribution in [1.29, 1.82) is 0 Å². The summed E-state index contributed by atoms with van der Waals surface area (Å²) < 4.78 is 25.4. The Balaban J connectivity index is 0.000000134. The van der Waals surface area contributed by atoms with E-state index in [0.29, 0.717) is 39.3 Å². The molecule has 3 spiro atoms. The maximum atomic E-state index is 12.3. The van der Waals surface area contributed by atoms with Crippen molar-refractivity contribution in [3.63, 3.8) is 0 Å². The summed E-state index contributed by atoms with van der Waals surface area (Å²) in [5.41, 5.74) is 27.5. The fourth-order valence-electron chi connectivity index (χ4n) is 20.4. The van der Waals surface area contributed by atoms with E-state index in [-0.39, 0.29) is 58.9 Å². The molecule has 0 radical (unpaired) electrons. The smallest absolute Gasteiger partial charge is 0.193 e. The largest absolute Gasteiger partial charge is 0.393 e. The average molecular weight is 1640 g/mol. The molecule has 12 aromatic rings. The number of aliphatic hydroxyl groups is 3. The van der Waals surface area contributed by atoms with Crippen LogP contribution in [-0.2, 0) is 124 Å². The molecule has 2 saturated heterocycles. The van der Waals surface area contributed by atoms with Gasteiger partial charge in [-0.1, -0.05) is 351 Å². The van der Waals surface area contributed by atoms with Crippen molar-refractivity contribution in [2.75, 3.05) is 26.4 Å². The van der Waals surface area contributed by atoms with E-state index in [4.69, 9.17) is 18.9 Å². The molecular formula is C115H126O8. The lowest BCUT2D eigenvalue weighted by Crippen LogP contribution is -2.41. The Morgan fingerprint density at radius 2 is 0.642 bits per heavy atom. The first-order valence-electron chi connectivity index (χ1n) is 43.1. The highest BCUT2D eigenvalue weighted by atomic mass is 16.5. The van der Waals surface area contributed by atoms with Gasteiger partial charge in [0, 0.05) is 36.8 Å². The Bertz CT molecular complexity index is 5330. The van der Waals surface area contributed by atoms with Crippen molar-refractivity contribution in [3.8, 4) is 0 Å². The molecule has 0 bridgehead atoms. The zero-order valence-corrected chi connectivity index (χ0v) is 68.5. The third kappa shape index (κ3) is 18.6. The van der Waals surface area contributed by atoms with Crippen molar-refractivity contribution < 1.29 is 39.1 Å². The van der Waals surface area contributed by atoms with Crippen LogP contribution in [0.3, 0.4) is 0 Å². The van der Waals surface area contributed by atoms with E-state index in [9.17, 15) is 20.1 Å². The van der Waals surface area contributed by atoms with Crippen molar-refractivity contribution in [1.82, 2.24) is 0 Å². The minimum atomic E-state index is -0.939. The molecule has 123 heavy (non-hydrogen) atoms. The molecule has 0 saturated carbocycles. The van der Waals surface area contributed by atoms with E-state index in [1.807, 2.05) is 84.9 Å². The Kier molecular flexibility index (Phi) is 30.7. The number of aliphatic hydroxyl groups excluding tert-OH is 2. The number of hydrogen-bond donors (Lipinski definition) is 3. The molecule has 12 aromatic carbocycles. The molecule has 6 aliphatic carbocycles. The van der Waals surface area contributed by atoms with Crippen molar-refractivity contribution >= 4 is 5.78 Å². The Morgan fingerprint density at radius 1 is 0.333 bits per heavy atom. The summed E-state index contributed by atoms with van der Waals surface area (Å²) in [6, 6.07) is 101. The highest BCUT2D eigenvalue weighted by Crippen LogP contribution is 2.51. The number of carbonyl (C=O) groups is 1. The molecule has 21 rings (SSSR count). The first-order valence-corrected chi connectivity index (χ1v) is 43.1. The Labute approximate surface area is 733 Å². The van der Waals surface area contributed by atoms with Gasteiger partial charge in [0.15, 0.2) is 5.78 Å². The molecule has 0 aromatic heterocycles. The molecule has 8 heteroatoms. The molecule has 2 unspecified atom stereocenters. The lowest BCUT2D eigenvalue weighted by molar-refractivity contribution is -0.106. The quantitative estimate of drug-likeness (QED) is 0.135. The van der Waals surface area contributed by atoms with Crippen molar-refractivity contribution in [3.05, 3.63) is 475 Å². The molecule has 3 aliphatic heterocycles. The lowest BCUT2D eigenvalue weighted by Gasteiger charge is -2.41. The second kappa shape index (κ2) is 41.4. The molecule has 3 N–H and O–H groups in total. The van der Waals surface area contributed by atoms with Gasteiger partial charge in [0.1, 0.15) is 28.0 Å². The molecule has 634 valence electrons. The zero-order valence-electron chi connectivity index (χ0n) is 68.5. The van der Waals surface area contributed by atoms with Crippen LogP contribution in [0.15, 0.2) is 341 Å². The minimum absolute atomic E-state index is 0. The summed E-state index contributed by atoms with van der Waals surface area (Å²) in [5.74, 6) is 0.170. The summed E-state index contributed by atoms with van der Waals surface area (Å²) in [7, 11) is 0.